The minimum atomic E-state index is -0.839. The van der Waals surface area contributed by atoms with Crippen LogP contribution in [0.5, 0.6) is 11.5 Å². The molecule has 1 aliphatic rings. The lowest BCUT2D eigenvalue weighted by molar-refractivity contribution is -0.151. The van der Waals surface area contributed by atoms with Crippen LogP contribution in [0.1, 0.15) is 16.4 Å². The molecule has 3 unspecified atom stereocenters. The van der Waals surface area contributed by atoms with Crippen molar-refractivity contribution in [2.24, 2.45) is 5.92 Å². The number of thiazole rings is 1. The highest BCUT2D eigenvalue weighted by molar-refractivity contribution is 8.00. The molecule has 0 saturated heterocycles. The lowest BCUT2D eigenvalue weighted by Crippen LogP contribution is -2.40. The second kappa shape index (κ2) is 7.91. The zero-order valence-electron chi connectivity index (χ0n) is 14.7. The van der Waals surface area contributed by atoms with Gasteiger partial charge in [-0.05, 0) is 29.9 Å². The van der Waals surface area contributed by atoms with Gasteiger partial charge in [0, 0.05) is 10.8 Å². The second-order valence-corrected chi connectivity index (χ2v) is 8.60. The Balaban J connectivity index is 2.21. The summed E-state index contributed by atoms with van der Waals surface area (Å²) in [6.07, 6.45) is 0. The van der Waals surface area contributed by atoms with Gasteiger partial charge in [0.15, 0.2) is 15.5 Å². The molecule has 0 saturated carbocycles. The number of carbonyl (C=O) groups is 2. The number of thioether (sulfide) groups is 1. The van der Waals surface area contributed by atoms with Gasteiger partial charge in [0.05, 0.1) is 32.3 Å². The van der Waals surface area contributed by atoms with Gasteiger partial charge in [-0.1, -0.05) is 17.8 Å². The molecule has 1 aromatic heterocycles. The van der Waals surface area contributed by atoms with Gasteiger partial charge >= 0.3 is 11.9 Å². The molecule has 7 nitrogen and oxygen atoms in total. The van der Waals surface area contributed by atoms with Gasteiger partial charge in [-0.15, -0.1) is 11.3 Å². The Hall–Kier alpha value is -2.04. The van der Waals surface area contributed by atoms with Crippen LogP contribution in [0.25, 0.3) is 0 Å². The van der Waals surface area contributed by atoms with Crippen molar-refractivity contribution in [3.8, 4) is 11.5 Å². The summed E-state index contributed by atoms with van der Waals surface area (Å²) in [5, 5.41) is 10.1. The molecule has 2 aromatic rings. The zero-order chi connectivity index (χ0) is 19.7. The highest BCUT2D eigenvalue weighted by Gasteiger charge is 2.48. The van der Waals surface area contributed by atoms with Gasteiger partial charge < -0.3 is 24.3 Å². The lowest BCUT2D eigenvalue weighted by atomic mass is 9.82. The maximum atomic E-state index is 12.6. The van der Waals surface area contributed by atoms with Crippen LogP contribution in [-0.4, -0.2) is 48.6 Å². The molecule has 0 bridgehead atoms. The Labute approximate surface area is 168 Å². The molecule has 144 valence electrons. The molecule has 2 heterocycles. The van der Waals surface area contributed by atoms with Crippen molar-refractivity contribution in [3.63, 3.8) is 0 Å². The number of ether oxygens (including phenoxy) is 3. The zero-order valence-corrected chi connectivity index (χ0v) is 17.1. The van der Waals surface area contributed by atoms with E-state index in [1.54, 1.807) is 12.1 Å². The van der Waals surface area contributed by atoms with E-state index in [2.05, 4.69) is 4.98 Å². The Bertz CT molecular complexity index is 937. The molecule has 3 rings (SSSR count). The van der Waals surface area contributed by atoms with Crippen LogP contribution >= 0.6 is 35.3 Å². The van der Waals surface area contributed by atoms with E-state index in [9.17, 15) is 14.7 Å². The first-order valence-electron chi connectivity index (χ1n) is 7.83. The molecular weight excluding hydrogens is 410 g/mol. The number of hydrogen-bond donors (Lipinski definition) is 2. The van der Waals surface area contributed by atoms with E-state index in [-0.39, 0.29) is 5.75 Å². The van der Waals surface area contributed by atoms with E-state index in [1.807, 2.05) is 0 Å². The van der Waals surface area contributed by atoms with E-state index < -0.39 is 29.0 Å². The summed E-state index contributed by atoms with van der Waals surface area (Å²) in [4.78, 5) is 28.9. The van der Waals surface area contributed by atoms with Gasteiger partial charge in [0.1, 0.15) is 5.25 Å². The number of carbonyl (C=O) groups excluding carboxylic acids is 2. The molecular formula is C17H17NO6S3. The van der Waals surface area contributed by atoms with Crippen LogP contribution in [0.15, 0.2) is 23.2 Å². The normalized spacial score (nSPS) is 21.2. The Kier molecular flexibility index (Phi) is 5.78. The van der Waals surface area contributed by atoms with E-state index in [0.29, 0.717) is 20.3 Å². The number of benzene rings is 1. The van der Waals surface area contributed by atoms with Crippen LogP contribution in [0, 0.1) is 9.87 Å². The topological polar surface area (TPSA) is 97.9 Å². The maximum Gasteiger partial charge on any atom is 0.320 e. The highest BCUT2D eigenvalue weighted by atomic mass is 32.2. The summed E-state index contributed by atoms with van der Waals surface area (Å²) in [5.74, 6) is -2.20. The third-order valence-corrected chi connectivity index (χ3v) is 7.07. The number of aromatic hydroxyl groups is 1. The largest absolute Gasteiger partial charge is 0.504 e. The Morgan fingerprint density at radius 3 is 2.48 bits per heavy atom. The minimum absolute atomic E-state index is 0.0628. The monoisotopic (exact) mass is 427 g/mol. The predicted octanol–water partition coefficient (Wildman–Crippen LogP) is 3.09. The van der Waals surface area contributed by atoms with E-state index >= 15 is 0 Å². The fourth-order valence-electron chi connectivity index (χ4n) is 3.12. The summed E-state index contributed by atoms with van der Waals surface area (Å²) in [5.41, 5.74) is 0.643. The van der Waals surface area contributed by atoms with Gasteiger partial charge in [0.25, 0.3) is 0 Å². The molecule has 0 amide bonds. The molecule has 0 radical (unpaired) electrons. The van der Waals surface area contributed by atoms with Crippen molar-refractivity contribution in [2.75, 3.05) is 21.3 Å². The summed E-state index contributed by atoms with van der Waals surface area (Å²) < 4.78 is 15.5. The summed E-state index contributed by atoms with van der Waals surface area (Å²) in [6, 6.07) is 4.88. The first kappa shape index (κ1) is 19.7. The van der Waals surface area contributed by atoms with Crippen molar-refractivity contribution in [3.05, 3.63) is 32.6 Å². The number of hydrogen-bond acceptors (Lipinski definition) is 9. The summed E-state index contributed by atoms with van der Waals surface area (Å²) >= 11 is 7.79. The number of aromatic amines is 1. The molecule has 0 fully saturated rings. The van der Waals surface area contributed by atoms with Gasteiger partial charge in [-0.2, -0.15) is 0 Å². The first-order chi connectivity index (χ1) is 12.9. The van der Waals surface area contributed by atoms with E-state index in [1.165, 1.54) is 50.5 Å². The standard InChI is InChI=1S/C17H17NO6S3/c1-22-9-5-4-7(6-8(9)19)10-11(15(20)23-2)13(16(21)24-3)26-14-12(10)27-17(25)18-14/h4-6,10-11,13,19H,1-3H3,(H,18,25). The van der Waals surface area contributed by atoms with Crippen molar-refractivity contribution in [1.82, 2.24) is 4.98 Å². The first-order valence-corrected chi connectivity index (χ1v) is 9.93. The van der Waals surface area contributed by atoms with Gasteiger partial charge in [-0.25, -0.2) is 0 Å². The molecule has 2 N–H and O–H groups in total. The van der Waals surface area contributed by atoms with E-state index in [0.717, 1.165) is 4.88 Å². The number of rotatable bonds is 4. The molecule has 0 spiro atoms. The lowest BCUT2D eigenvalue weighted by Gasteiger charge is -2.34. The molecule has 0 aliphatic carbocycles. The average molecular weight is 428 g/mol. The second-order valence-electron chi connectivity index (χ2n) is 5.73. The van der Waals surface area contributed by atoms with Crippen molar-refractivity contribution >= 4 is 47.3 Å². The van der Waals surface area contributed by atoms with Crippen molar-refractivity contribution in [2.45, 2.75) is 16.2 Å². The third-order valence-electron chi connectivity index (χ3n) is 4.32. The van der Waals surface area contributed by atoms with Crippen LogP contribution in [-0.2, 0) is 19.1 Å². The average Bonchev–Trinajstić information content (AvgIpc) is 3.04. The third kappa shape index (κ3) is 3.56. The predicted molar refractivity (Wildman–Crippen MR) is 103 cm³/mol. The van der Waals surface area contributed by atoms with E-state index in [4.69, 9.17) is 26.4 Å². The Morgan fingerprint density at radius 2 is 1.89 bits per heavy atom. The van der Waals surface area contributed by atoms with Gasteiger partial charge in [0.2, 0.25) is 0 Å². The summed E-state index contributed by atoms with van der Waals surface area (Å²) in [6.45, 7) is 0. The number of aromatic nitrogens is 1. The number of esters is 2. The van der Waals surface area contributed by atoms with Crippen LogP contribution in [0.3, 0.4) is 0 Å². The molecule has 27 heavy (non-hydrogen) atoms. The molecule has 3 atom stereocenters. The SMILES string of the molecule is COC(=O)C1Sc2[nH]c(=S)sc2C(c2ccc(OC)c(O)c2)C1C(=O)OC. The minimum Gasteiger partial charge on any atom is -0.504 e. The fraction of sp³-hybridized carbons (Fsp3) is 0.353. The van der Waals surface area contributed by atoms with Gasteiger partial charge in [-0.3, -0.25) is 9.59 Å². The number of nitrogens with one attached hydrogen (secondary N) is 1. The van der Waals surface area contributed by atoms with Crippen molar-refractivity contribution < 1.29 is 28.9 Å². The van der Waals surface area contributed by atoms with Crippen LogP contribution in [0.4, 0.5) is 0 Å². The quantitative estimate of drug-likeness (QED) is 0.567. The molecule has 10 heteroatoms. The smallest absolute Gasteiger partial charge is 0.320 e. The number of H-pyrrole nitrogens is 1. The molecule has 1 aromatic carbocycles. The summed E-state index contributed by atoms with van der Waals surface area (Å²) in [7, 11) is 4.00. The fourth-order valence-corrected chi connectivity index (χ4v) is 6.06. The van der Waals surface area contributed by atoms with Crippen molar-refractivity contribution in [1.29, 1.82) is 0 Å². The number of fused-ring (bicyclic) bond motifs is 1. The Morgan fingerprint density at radius 1 is 1.19 bits per heavy atom. The highest BCUT2D eigenvalue weighted by Crippen LogP contribution is 2.51. The number of methoxy groups -OCH3 is 3. The number of phenolic OH excluding ortho intramolecular Hbond substituents is 1. The maximum absolute atomic E-state index is 12.6. The molecule has 1 aliphatic heterocycles. The van der Waals surface area contributed by atoms with Crippen LogP contribution in [0.2, 0.25) is 0 Å². The number of phenols is 1. The van der Waals surface area contributed by atoms with Crippen LogP contribution < -0.4 is 4.74 Å².